The van der Waals surface area contributed by atoms with Crippen LogP contribution in [0, 0.1) is 0 Å². The van der Waals surface area contributed by atoms with Gasteiger partial charge < -0.3 is 15.4 Å². The summed E-state index contributed by atoms with van der Waals surface area (Å²) in [7, 11) is 0. The lowest BCUT2D eigenvalue weighted by molar-refractivity contribution is -0.121. The van der Waals surface area contributed by atoms with Crippen LogP contribution in [-0.2, 0) is 4.79 Å². The van der Waals surface area contributed by atoms with E-state index in [-0.39, 0.29) is 5.91 Å². The molecule has 0 saturated heterocycles. The van der Waals surface area contributed by atoms with Gasteiger partial charge in [0, 0.05) is 19.0 Å². The maximum atomic E-state index is 11.9. The normalized spacial score (nSPS) is 15.5. The summed E-state index contributed by atoms with van der Waals surface area (Å²) in [5, 5.41) is 6.42. The molecule has 0 aromatic heterocycles. The Labute approximate surface area is 127 Å². The summed E-state index contributed by atoms with van der Waals surface area (Å²) < 4.78 is 5.55. The van der Waals surface area contributed by atoms with E-state index in [9.17, 15) is 4.79 Å². The molecule has 0 radical (unpaired) electrons. The smallest absolute Gasteiger partial charge is 0.221 e. The molecule has 0 spiro atoms. The van der Waals surface area contributed by atoms with E-state index < -0.39 is 0 Å². The third kappa shape index (κ3) is 5.29. The first kappa shape index (κ1) is 15.7. The van der Waals surface area contributed by atoms with E-state index in [1.54, 1.807) is 0 Å². The highest BCUT2D eigenvalue weighted by atomic mass is 16.5. The SMILES string of the molecule is CCOc1ccccc1NCCC(=O)NC1CCCCC1. The molecule has 1 aromatic carbocycles. The second-order valence-electron chi connectivity index (χ2n) is 5.51. The second kappa shape index (κ2) is 8.55. The topological polar surface area (TPSA) is 50.4 Å². The molecule has 1 saturated carbocycles. The molecule has 0 heterocycles. The summed E-state index contributed by atoms with van der Waals surface area (Å²) in [4.78, 5) is 11.9. The summed E-state index contributed by atoms with van der Waals surface area (Å²) in [6.45, 7) is 3.23. The Hall–Kier alpha value is -1.71. The summed E-state index contributed by atoms with van der Waals surface area (Å²) >= 11 is 0. The molecule has 1 aliphatic rings. The van der Waals surface area contributed by atoms with Crippen molar-refractivity contribution in [3.05, 3.63) is 24.3 Å². The molecule has 21 heavy (non-hydrogen) atoms. The number of carbonyl (C=O) groups excluding carboxylic acids is 1. The third-order valence-electron chi connectivity index (χ3n) is 3.82. The molecular weight excluding hydrogens is 264 g/mol. The maximum absolute atomic E-state index is 11.9. The minimum atomic E-state index is 0.142. The zero-order valence-corrected chi connectivity index (χ0v) is 12.9. The van der Waals surface area contributed by atoms with Crippen LogP contribution in [0.3, 0.4) is 0 Å². The minimum Gasteiger partial charge on any atom is -0.492 e. The van der Waals surface area contributed by atoms with E-state index in [1.807, 2.05) is 31.2 Å². The van der Waals surface area contributed by atoms with Gasteiger partial charge in [-0.05, 0) is 31.9 Å². The third-order valence-corrected chi connectivity index (χ3v) is 3.82. The fourth-order valence-electron chi connectivity index (χ4n) is 2.75. The average Bonchev–Trinajstić information content (AvgIpc) is 2.50. The van der Waals surface area contributed by atoms with Crippen LogP contribution in [-0.4, -0.2) is 25.1 Å². The first-order valence-corrected chi connectivity index (χ1v) is 8.04. The largest absolute Gasteiger partial charge is 0.492 e. The van der Waals surface area contributed by atoms with Gasteiger partial charge in [0.15, 0.2) is 0 Å². The molecule has 116 valence electrons. The highest BCUT2D eigenvalue weighted by Gasteiger charge is 2.15. The Morgan fingerprint density at radius 1 is 1.24 bits per heavy atom. The van der Waals surface area contributed by atoms with E-state index in [0.717, 1.165) is 24.3 Å². The zero-order chi connectivity index (χ0) is 14.9. The van der Waals surface area contributed by atoms with Crippen LogP contribution in [0.15, 0.2) is 24.3 Å². The van der Waals surface area contributed by atoms with E-state index in [4.69, 9.17) is 4.74 Å². The van der Waals surface area contributed by atoms with Crippen molar-refractivity contribution in [1.29, 1.82) is 0 Å². The van der Waals surface area contributed by atoms with Crippen molar-refractivity contribution in [3.8, 4) is 5.75 Å². The van der Waals surface area contributed by atoms with Crippen LogP contribution in [0.4, 0.5) is 5.69 Å². The molecule has 1 amide bonds. The number of para-hydroxylation sites is 2. The van der Waals surface area contributed by atoms with Crippen molar-refractivity contribution in [2.24, 2.45) is 0 Å². The lowest BCUT2D eigenvalue weighted by atomic mass is 9.95. The number of ether oxygens (including phenoxy) is 1. The lowest BCUT2D eigenvalue weighted by Crippen LogP contribution is -2.36. The van der Waals surface area contributed by atoms with Gasteiger partial charge in [-0.3, -0.25) is 4.79 Å². The van der Waals surface area contributed by atoms with Gasteiger partial charge in [-0.2, -0.15) is 0 Å². The van der Waals surface area contributed by atoms with Crippen LogP contribution >= 0.6 is 0 Å². The van der Waals surface area contributed by atoms with Gasteiger partial charge in [0.1, 0.15) is 5.75 Å². The van der Waals surface area contributed by atoms with E-state index in [0.29, 0.717) is 25.6 Å². The molecule has 0 bridgehead atoms. The summed E-state index contributed by atoms with van der Waals surface area (Å²) in [5.74, 6) is 0.982. The van der Waals surface area contributed by atoms with Gasteiger partial charge in [-0.15, -0.1) is 0 Å². The van der Waals surface area contributed by atoms with Crippen LogP contribution in [0.1, 0.15) is 45.4 Å². The molecule has 0 unspecified atom stereocenters. The monoisotopic (exact) mass is 290 g/mol. The van der Waals surface area contributed by atoms with Crippen molar-refractivity contribution in [2.45, 2.75) is 51.5 Å². The first-order chi connectivity index (χ1) is 10.3. The Balaban J connectivity index is 1.72. The highest BCUT2D eigenvalue weighted by Crippen LogP contribution is 2.23. The number of amides is 1. The molecule has 0 aliphatic heterocycles. The molecule has 2 N–H and O–H groups in total. The number of nitrogens with one attached hydrogen (secondary N) is 2. The maximum Gasteiger partial charge on any atom is 0.221 e. The Bertz CT molecular complexity index is 442. The van der Waals surface area contributed by atoms with Crippen molar-refractivity contribution >= 4 is 11.6 Å². The van der Waals surface area contributed by atoms with Gasteiger partial charge in [0.05, 0.1) is 12.3 Å². The van der Waals surface area contributed by atoms with Crippen molar-refractivity contribution < 1.29 is 9.53 Å². The summed E-state index contributed by atoms with van der Waals surface area (Å²) in [6.07, 6.45) is 6.55. The number of hydrogen-bond acceptors (Lipinski definition) is 3. The lowest BCUT2D eigenvalue weighted by Gasteiger charge is -2.22. The summed E-state index contributed by atoms with van der Waals surface area (Å²) in [6, 6.07) is 8.22. The van der Waals surface area contributed by atoms with Crippen LogP contribution in [0.25, 0.3) is 0 Å². The fourth-order valence-corrected chi connectivity index (χ4v) is 2.75. The average molecular weight is 290 g/mol. The Morgan fingerprint density at radius 2 is 2.00 bits per heavy atom. The number of anilines is 1. The van der Waals surface area contributed by atoms with E-state index >= 15 is 0 Å². The fraction of sp³-hybridized carbons (Fsp3) is 0.588. The minimum absolute atomic E-state index is 0.142. The van der Waals surface area contributed by atoms with Crippen molar-refractivity contribution in [1.82, 2.24) is 5.32 Å². The van der Waals surface area contributed by atoms with Gasteiger partial charge in [0.25, 0.3) is 0 Å². The Kier molecular flexibility index (Phi) is 6.38. The predicted octanol–water partition coefficient (Wildman–Crippen LogP) is 3.34. The number of rotatable bonds is 7. The molecule has 1 aliphatic carbocycles. The molecule has 1 aromatic rings. The van der Waals surface area contributed by atoms with Gasteiger partial charge in [-0.1, -0.05) is 31.4 Å². The second-order valence-corrected chi connectivity index (χ2v) is 5.51. The zero-order valence-electron chi connectivity index (χ0n) is 12.9. The molecular formula is C17H26N2O2. The van der Waals surface area contributed by atoms with Gasteiger partial charge in [-0.25, -0.2) is 0 Å². The van der Waals surface area contributed by atoms with Crippen LogP contribution in [0.5, 0.6) is 5.75 Å². The molecule has 1 fully saturated rings. The number of benzene rings is 1. The highest BCUT2D eigenvalue weighted by molar-refractivity contribution is 5.77. The molecule has 4 nitrogen and oxygen atoms in total. The van der Waals surface area contributed by atoms with E-state index in [2.05, 4.69) is 10.6 Å². The Morgan fingerprint density at radius 3 is 2.76 bits per heavy atom. The standard InChI is InChI=1S/C17H26N2O2/c1-2-21-16-11-7-6-10-15(16)18-13-12-17(20)19-14-8-4-3-5-9-14/h6-7,10-11,14,18H,2-5,8-9,12-13H2,1H3,(H,19,20). The van der Waals surface area contributed by atoms with Crippen molar-refractivity contribution in [2.75, 3.05) is 18.5 Å². The molecule has 4 heteroatoms. The molecule has 2 rings (SSSR count). The van der Waals surface area contributed by atoms with Gasteiger partial charge >= 0.3 is 0 Å². The van der Waals surface area contributed by atoms with Crippen molar-refractivity contribution in [3.63, 3.8) is 0 Å². The molecule has 0 atom stereocenters. The summed E-state index contributed by atoms with van der Waals surface area (Å²) in [5.41, 5.74) is 0.949. The quantitative estimate of drug-likeness (QED) is 0.810. The first-order valence-electron chi connectivity index (χ1n) is 8.04. The van der Waals surface area contributed by atoms with Crippen LogP contribution < -0.4 is 15.4 Å². The van der Waals surface area contributed by atoms with E-state index in [1.165, 1.54) is 19.3 Å². The number of carbonyl (C=O) groups is 1. The van der Waals surface area contributed by atoms with Crippen LogP contribution in [0.2, 0.25) is 0 Å². The number of hydrogen-bond donors (Lipinski definition) is 2. The van der Waals surface area contributed by atoms with Gasteiger partial charge in [0.2, 0.25) is 5.91 Å². The predicted molar refractivity (Wildman–Crippen MR) is 85.7 cm³/mol.